The van der Waals surface area contributed by atoms with Gasteiger partial charge in [0.25, 0.3) is 5.91 Å². The van der Waals surface area contributed by atoms with Gasteiger partial charge in [0.05, 0.1) is 20.6 Å². The molecule has 0 aliphatic heterocycles. The van der Waals surface area contributed by atoms with Crippen molar-refractivity contribution in [3.05, 3.63) is 29.8 Å². The monoisotopic (exact) mass is 337 g/mol. The summed E-state index contributed by atoms with van der Waals surface area (Å²) in [5.74, 6) is -1.94. The lowest BCUT2D eigenvalue weighted by molar-refractivity contribution is -0.143. The molecule has 8 nitrogen and oxygen atoms in total. The zero-order valence-corrected chi connectivity index (χ0v) is 13.7. The van der Waals surface area contributed by atoms with E-state index in [1.165, 1.54) is 39.3 Å². The standard InChI is InChI=1S/C16H19NO7/c1-11(18)24-13-6-4-5-12(9-13)16(21)17(10-15(20)23-3)8-7-14(19)22-2/h4-6,9H,7-8,10H2,1-3H3. The predicted molar refractivity (Wildman–Crippen MR) is 82.3 cm³/mol. The number of benzene rings is 1. The Morgan fingerprint density at radius 1 is 1.04 bits per heavy atom. The first-order chi connectivity index (χ1) is 11.4. The van der Waals surface area contributed by atoms with Gasteiger partial charge in [-0.1, -0.05) is 6.07 Å². The lowest BCUT2D eigenvalue weighted by Gasteiger charge is -2.21. The van der Waals surface area contributed by atoms with E-state index in [9.17, 15) is 19.2 Å². The van der Waals surface area contributed by atoms with E-state index in [4.69, 9.17) is 4.74 Å². The summed E-state index contributed by atoms with van der Waals surface area (Å²) in [7, 11) is 2.43. The van der Waals surface area contributed by atoms with Crippen molar-refractivity contribution < 1.29 is 33.4 Å². The number of amides is 1. The molecule has 24 heavy (non-hydrogen) atoms. The minimum Gasteiger partial charge on any atom is -0.469 e. The van der Waals surface area contributed by atoms with Gasteiger partial charge in [0, 0.05) is 19.0 Å². The average molecular weight is 337 g/mol. The summed E-state index contributed by atoms with van der Waals surface area (Å²) in [6.45, 7) is 0.914. The Balaban J connectivity index is 2.94. The minimum atomic E-state index is -0.621. The van der Waals surface area contributed by atoms with Crippen LogP contribution in [0.15, 0.2) is 24.3 Å². The van der Waals surface area contributed by atoms with Gasteiger partial charge in [0.15, 0.2) is 0 Å². The number of carbonyl (C=O) groups is 4. The van der Waals surface area contributed by atoms with E-state index >= 15 is 0 Å². The summed E-state index contributed by atoms with van der Waals surface area (Å²) >= 11 is 0. The SMILES string of the molecule is COC(=O)CCN(CC(=O)OC)C(=O)c1cccc(OC(C)=O)c1. The van der Waals surface area contributed by atoms with E-state index in [0.29, 0.717) is 0 Å². The fourth-order valence-corrected chi connectivity index (χ4v) is 1.84. The quantitative estimate of drug-likeness (QED) is 0.536. The van der Waals surface area contributed by atoms with Gasteiger partial charge in [-0.05, 0) is 18.2 Å². The van der Waals surface area contributed by atoms with Gasteiger partial charge >= 0.3 is 17.9 Å². The maximum absolute atomic E-state index is 12.6. The van der Waals surface area contributed by atoms with Crippen LogP contribution >= 0.6 is 0 Å². The topological polar surface area (TPSA) is 99.2 Å². The molecule has 0 bridgehead atoms. The molecule has 0 aliphatic rings. The maximum atomic E-state index is 12.6. The molecule has 1 amide bonds. The molecule has 0 unspecified atom stereocenters. The summed E-state index contributed by atoms with van der Waals surface area (Å²) in [6.07, 6.45) is -0.0666. The molecule has 1 aromatic carbocycles. The molecular weight excluding hydrogens is 318 g/mol. The summed E-state index contributed by atoms with van der Waals surface area (Å²) in [5, 5.41) is 0. The van der Waals surface area contributed by atoms with E-state index in [1.807, 2.05) is 0 Å². The van der Waals surface area contributed by atoms with Crippen molar-refractivity contribution in [1.29, 1.82) is 0 Å². The van der Waals surface area contributed by atoms with Gasteiger partial charge < -0.3 is 19.1 Å². The van der Waals surface area contributed by atoms with Crippen molar-refractivity contribution in [3.63, 3.8) is 0 Å². The van der Waals surface area contributed by atoms with Crippen molar-refractivity contribution in [2.75, 3.05) is 27.3 Å². The van der Waals surface area contributed by atoms with Gasteiger partial charge in [0.2, 0.25) is 0 Å². The van der Waals surface area contributed by atoms with Crippen LogP contribution in [0.4, 0.5) is 0 Å². The number of rotatable bonds is 7. The molecule has 0 spiro atoms. The van der Waals surface area contributed by atoms with E-state index < -0.39 is 23.8 Å². The highest BCUT2D eigenvalue weighted by molar-refractivity contribution is 5.96. The van der Waals surface area contributed by atoms with Gasteiger partial charge in [0.1, 0.15) is 12.3 Å². The molecule has 0 saturated carbocycles. The first-order valence-electron chi connectivity index (χ1n) is 7.08. The molecule has 1 rings (SSSR count). The zero-order valence-electron chi connectivity index (χ0n) is 13.7. The number of methoxy groups -OCH3 is 2. The summed E-state index contributed by atoms with van der Waals surface area (Å²) in [5.41, 5.74) is 0.211. The van der Waals surface area contributed by atoms with E-state index in [2.05, 4.69) is 9.47 Å². The van der Waals surface area contributed by atoms with Crippen LogP contribution in [0.1, 0.15) is 23.7 Å². The second kappa shape index (κ2) is 9.29. The van der Waals surface area contributed by atoms with E-state index in [0.717, 1.165) is 4.90 Å². The summed E-state index contributed by atoms with van der Waals surface area (Å²) < 4.78 is 14.0. The first-order valence-corrected chi connectivity index (χ1v) is 7.08. The third-order valence-corrected chi connectivity index (χ3v) is 2.99. The molecule has 0 fully saturated rings. The fourth-order valence-electron chi connectivity index (χ4n) is 1.84. The molecule has 0 heterocycles. The molecule has 1 aromatic rings. The number of ether oxygens (including phenoxy) is 3. The van der Waals surface area contributed by atoms with Crippen molar-refractivity contribution in [1.82, 2.24) is 4.90 Å². The largest absolute Gasteiger partial charge is 0.469 e. The Hall–Kier alpha value is -2.90. The Morgan fingerprint density at radius 2 is 1.71 bits per heavy atom. The zero-order chi connectivity index (χ0) is 18.1. The average Bonchev–Trinajstić information content (AvgIpc) is 2.56. The van der Waals surface area contributed by atoms with Gasteiger partial charge in [-0.3, -0.25) is 19.2 Å². The molecule has 130 valence electrons. The first kappa shape index (κ1) is 19.1. The van der Waals surface area contributed by atoms with Crippen LogP contribution in [-0.2, 0) is 23.9 Å². The van der Waals surface area contributed by atoms with E-state index in [-0.39, 0.29) is 30.8 Å². The van der Waals surface area contributed by atoms with Crippen LogP contribution in [0.3, 0.4) is 0 Å². The highest BCUT2D eigenvalue weighted by Crippen LogP contribution is 2.15. The van der Waals surface area contributed by atoms with Crippen LogP contribution in [0, 0.1) is 0 Å². The second-order valence-electron chi connectivity index (χ2n) is 4.75. The lowest BCUT2D eigenvalue weighted by Crippen LogP contribution is -2.37. The van der Waals surface area contributed by atoms with Crippen LogP contribution in [0.25, 0.3) is 0 Å². The molecule has 0 saturated heterocycles. The third-order valence-electron chi connectivity index (χ3n) is 2.99. The highest BCUT2D eigenvalue weighted by Gasteiger charge is 2.21. The van der Waals surface area contributed by atoms with Crippen molar-refractivity contribution in [2.24, 2.45) is 0 Å². The third kappa shape index (κ3) is 6.07. The Labute approximate surface area is 139 Å². The number of carbonyl (C=O) groups excluding carboxylic acids is 4. The van der Waals surface area contributed by atoms with Crippen LogP contribution in [0.5, 0.6) is 5.75 Å². The van der Waals surface area contributed by atoms with Gasteiger partial charge in [-0.25, -0.2) is 0 Å². The van der Waals surface area contributed by atoms with E-state index in [1.54, 1.807) is 6.07 Å². The van der Waals surface area contributed by atoms with Crippen molar-refractivity contribution in [2.45, 2.75) is 13.3 Å². The Morgan fingerprint density at radius 3 is 2.29 bits per heavy atom. The van der Waals surface area contributed by atoms with Gasteiger partial charge in [-0.2, -0.15) is 0 Å². The van der Waals surface area contributed by atoms with Crippen LogP contribution < -0.4 is 4.74 Å². The number of nitrogens with zero attached hydrogens (tertiary/aromatic N) is 1. The number of hydrogen-bond donors (Lipinski definition) is 0. The second-order valence-corrected chi connectivity index (χ2v) is 4.75. The molecule has 0 atom stereocenters. The van der Waals surface area contributed by atoms with Gasteiger partial charge in [-0.15, -0.1) is 0 Å². The molecule has 0 radical (unpaired) electrons. The highest BCUT2D eigenvalue weighted by atomic mass is 16.5. The van der Waals surface area contributed by atoms with Crippen molar-refractivity contribution in [3.8, 4) is 5.75 Å². The molecule has 8 heteroatoms. The molecule has 0 N–H and O–H groups in total. The smallest absolute Gasteiger partial charge is 0.325 e. The minimum absolute atomic E-state index is 0.0155. The maximum Gasteiger partial charge on any atom is 0.325 e. The molecule has 0 aromatic heterocycles. The van der Waals surface area contributed by atoms with Crippen molar-refractivity contribution >= 4 is 23.8 Å². The summed E-state index contributed by atoms with van der Waals surface area (Å²) in [4.78, 5) is 47.5. The Bertz CT molecular complexity index is 627. The molecule has 0 aliphatic carbocycles. The fraction of sp³-hybridized carbons (Fsp3) is 0.375. The summed E-state index contributed by atoms with van der Waals surface area (Å²) in [6, 6.07) is 5.96. The van der Waals surface area contributed by atoms with Crippen LogP contribution in [-0.4, -0.2) is 56.0 Å². The molecular formula is C16H19NO7. The number of hydrogen-bond acceptors (Lipinski definition) is 7. The lowest BCUT2D eigenvalue weighted by atomic mass is 10.2. The predicted octanol–water partition coefficient (Wildman–Crippen LogP) is 0.790. The van der Waals surface area contributed by atoms with Crippen LogP contribution in [0.2, 0.25) is 0 Å². The normalized spacial score (nSPS) is 9.79. The Kier molecular flexibility index (Phi) is 7.41. The number of esters is 3.